The van der Waals surface area contributed by atoms with E-state index in [-0.39, 0.29) is 12.1 Å². The molecule has 19 heavy (non-hydrogen) atoms. The van der Waals surface area contributed by atoms with Crippen molar-refractivity contribution >= 4 is 27.3 Å². The van der Waals surface area contributed by atoms with Crippen molar-refractivity contribution in [2.75, 3.05) is 0 Å². The Morgan fingerprint density at radius 2 is 1.95 bits per heavy atom. The fourth-order valence-electron chi connectivity index (χ4n) is 1.91. The van der Waals surface area contributed by atoms with Gasteiger partial charge in [0.2, 0.25) is 0 Å². The quantitative estimate of drug-likeness (QED) is 0.883. The molecule has 0 amide bonds. The lowest BCUT2D eigenvalue weighted by Crippen LogP contribution is -2.28. The summed E-state index contributed by atoms with van der Waals surface area (Å²) in [4.78, 5) is 1.20. The topological polar surface area (TPSA) is 35.2 Å². The molecule has 1 heterocycles. The molecule has 102 valence electrons. The van der Waals surface area contributed by atoms with E-state index >= 15 is 0 Å². The first-order chi connectivity index (χ1) is 8.99. The van der Waals surface area contributed by atoms with Gasteiger partial charge in [-0.1, -0.05) is 15.9 Å². The molecule has 0 aliphatic heterocycles. The molecule has 0 aliphatic rings. The molecule has 0 saturated heterocycles. The van der Waals surface area contributed by atoms with Crippen LogP contribution in [0.2, 0.25) is 0 Å². The maximum absolute atomic E-state index is 6.10. The fourth-order valence-corrected chi connectivity index (χ4v) is 3.23. The Kier molecular flexibility index (Phi) is 4.66. The molecule has 2 aromatic rings. The monoisotopic (exact) mass is 339 g/mol. The van der Waals surface area contributed by atoms with Gasteiger partial charge in [-0.2, -0.15) is 0 Å². The van der Waals surface area contributed by atoms with Gasteiger partial charge in [0.05, 0.1) is 0 Å². The van der Waals surface area contributed by atoms with Crippen LogP contribution in [0.15, 0.2) is 34.1 Å². The molecule has 2 N–H and O–H groups in total. The molecule has 0 bridgehead atoms. The van der Waals surface area contributed by atoms with Crippen molar-refractivity contribution in [2.45, 2.75) is 32.9 Å². The van der Waals surface area contributed by atoms with Crippen LogP contribution in [0.3, 0.4) is 0 Å². The van der Waals surface area contributed by atoms with Gasteiger partial charge in [-0.15, -0.1) is 11.3 Å². The smallest absolute Gasteiger partial charge is 0.148 e. The Bertz CT molecular complexity index is 565. The molecule has 1 aromatic heterocycles. The van der Waals surface area contributed by atoms with Crippen LogP contribution >= 0.6 is 27.3 Å². The summed E-state index contributed by atoms with van der Waals surface area (Å²) in [6, 6.07) is 8.05. The van der Waals surface area contributed by atoms with E-state index in [9.17, 15) is 0 Å². The van der Waals surface area contributed by atoms with E-state index in [2.05, 4.69) is 34.3 Å². The van der Waals surface area contributed by atoms with Gasteiger partial charge < -0.3 is 10.5 Å². The van der Waals surface area contributed by atoms with Gasteiger partial charge in [0, 0.05) is 15.4 Å². The van der Waals surface area contributed by atoms with Crippen molar-refractivity contribution in [3.63, 3.8) is 0 Å². The number of thiophene rings is 1. The zero-order valence-corrected chi connectivity index (χ0v) is 13.7. The highest BCUT2D eigenvalue weighted by molar-refractivity contribution is 9.10. The van der Waals surface area contributed by atoms with Crippen LogP contribution in [0.1, 0.15) is 29.0 Å². The maximum Gasteiger partial charge on any atom is 0.148 e. The van der Waals surface area contributed by atoms with E-state index in [4.69, 9.17) is 10.5 Å². The number of nitrogens with two attached hydrogens (primary N) is 1. The van der Waals surface area contributed by atoms with E-state index in [1.807, 2.05) is 32.0 Å². The Labute approximate surface area is 126 Å². The predicted octanol–water partition coefficient (Wildman–Crippen LogP) is 4.59. The Morgan fingerprint density at radius 1 is 1.21 bits per heavy atom. The summed E-state index contributed by atoms with van der Waals surface area (Å²) < 4.78 is 7.19. The number of hydrogen-bond acceptors (Lipinski definition) is 3. The SMILES string of the molecule is Cc1cc(OC(c2sccc2C)C(C)N)ccc1Br. The Hall–Kier alpha value is -0.840. The minimum Gasteiger partial charge on any atom is -0.483 e. The highest BCUT2D eigenvalue weighted by atomic mass is 79.9. The number of benzene rings is 1. The first-order valence-electron chi connectivity index (χ1n) is 6.21. The largest absolute Gasteiger partial charge is 0.483 e. The van der Waals surface area contributed by atoms with Crippen molar-refractivity contribution in [1.82, 2.24) is 0 Å². The van der Waals surface area contributed by atoms with E-state index in [0.29, 0.717) is 0 Å². The fraction of sp³-hybridized carbons (Fsp3) is 0.333. The molecule has 0 aliphatic carbocycles. The molecule has 2 atom stereocenters. The summed E-state index contributed by atoms with van der Waals surface area (Å²) in [5.74, 6) is 0.857. The zero-order valence-electron chi connectivity index (χ0n) is 11.3. The van der Waals surface area contributed by atoms with Gasteiger partial charge >= 0.3 is 0 Å². The predicted molar refractivity (Wildman–Crippen MR) is 85.0 cm³/mol. The van der Waals surface area contributed by atoms with Crippen LogP contribution in [-0.4, -0.2) is 6.04 Å². The molecule has 0 radical (unpaired) electrons. The van der Waals surface area contributed by atoms with Gasteiger partial charge in [0.15, 0.2) is 0 Å². The Balaban J connectivity index is 2.27. The van der Waals surface area contributed by atoms with Crippen LogP contribution < -0.4 is 10.5 Å². The number of aryl methyl sites for hydroxylation is 2. The van der Waals surface area contributed by atoms with Crippen LogP contribution in [0.4, 0.5) is 0 Å². The minimum absolute atomic E-state index is 0.0543. The number of rotatable bonds is 4. The van der Waals surface area contributed by atoms with Crippen molar-refractivity contribution in [3.05, 3.63) is 50.1 Å². The molecular weight excluding hydrogens is 322 g/mol. The normalized spacial score (nSPS) is 14.2. The van der Waals surface area contributed by atoms with E-state index in [0.717, 1.165) is 15.8 Å². The summed E-state index contributed by atoms with van der Waals surface area (Å²) >= 11 is 5.19. The molecule has 2 nitrogen and oxygen atoms in total. The highest BCUT2D eigenvalue weighted by Crippen LogP contribution is 2.31. The number of hydrogen-bond donors (Lipinski definition) is 1. The molecule has 2 rings (SSSR count). The maximum atomic E-state index is 6.10. The van der Waals surface area contributed by atoms with Gasteiger partial charge in [-0.25, -0.2) is 0 Å². The molecule has 0 spiro atoms. The second-order valence-corrected chi connectivity index (χ2v) is 6.58. The third-order valence-electron chi connectivity index (χ3n) is 3.03. The van der Waals surface area contributed by atoms with Crippen LogP contribution in [-0.2, 0) is 0 Å². The summed E-state index contributed by atoms with van der Waals surface area (Å²) in [6.07, 6.45) is -0.0967. The zero-order chi connectivity index (χ0) is 14.0. The van der Waals surface area contributed by atoms with E-state index in [1.165, 1.54) is 10.4 Å². The molecular formula is C15H18BrNOS. The summed E-state index contributed by atoms with van der Waals surface area (Å²) in [6.45, 7) is 6.13. The van der Waals surface area contributed by atoms with Gasteiger partial charge in [0.1, 0.15) is 11.9 Å². The van der Waals surface area contributed by atoms with Gasteiger partial charge in [-0.3, -0.25) is 0 Å². The number of ether oxygens (including phenoxy) is 1. The lowest BCUT2D eigenvalue weighted by molar-refractivity contribution is 0.183. The highest BCUT2D eigenvalue weighted by Gasteiger charge is 2.21. The van der Waals surface area contributed by atoms with Crippen LogP contribution in [0.5, 0.6) is 5.75 Å². The van der Waals surface area contributed by atoms with Crippen LogP contribution in [0, 0.1) is 13.8 Å². The molecule has 4 heteroatoms. The first-order valence-corrected chi connectivity index (χ1v) is 7.88. The van der Waals surface area contributed by atoms with E-state index in [1.54, 1.807) is 11.3 Å². The van der Waals surface area contributed by atoms with Gasteiger partial charge in [-0.05, 0) is 61.5 Å². The molecule has 1 aromatic carbocycles. The molecule has 0 saturated carbocycles. The average molecular weight is 340 g/mol. The van der Waals surface area contributed by atoms with Crippen molar-refractivity contribution in [2.24, 2.45) is 5.73 Å². The lowest BCUT2D eigenvalue weighted by atomic mass is 10.1. The second-order valence-electron chi connectivity index (χ2n) is 4.78. The molecule has 0 fully saturated rings. The van der Waals surface area contributed by atoms with E-state index < -0.39 is 0 Å². The molecule has 2 unspecified atom stereocenters. The van der Waals surface area contributed by atoms with Gasteiger partial charge in [0.25, 0.3) is 0 Å². The number of halogens is 1. The van der Waals surface area contributed by atoms with Crippen LogP contribution in [0.25, 0.3) is 0 Å². The Morgan fingerprint density at radius 3 is 2.47 bits per heavy atom. The standard InChI is InChI=1S/C15H18BrNOS/c1-9-6-7-19-15(9)14(11(3)17)18-12-4-5-13(16)10(2)8-12/h4-8,11,14H,17H2,1-3H3. The average Bonchev–Trinajstić information content (AvgIpc) is 2.76. The van der Waals surface area contributed by atoms with Crippen molar-refractivity contribution < 1.29 is 4.74 Å². The second kappa shape index (κ2) is 6.07. The minimum atomic E-state index is -0.0967. The van der Waals surface area contributed by atoms with Crippen molar-refractivity contribution in [3.8, 4) is 5.75 Å². The third kappa shape index (κ3) is 3.38. The summed E-state index contributed by atoms with van der Waals surface area (Å²) in [5.41, 5.74) is 8.48. The summed E-state index contributed by atoms with van der Waals surface area (Å²) in [5, 5.41) is 2.08. The van der Waals surface area contributed by atoms with Crippen molar-refractivity contribution in [1.29, 1.82) is 0 Å². The summed E-state index contributed by atoms with van der Waals surface area (Å²) in [7, 11) is 0. The third-order valence-corrected chi connectivity index (χ3v) is 5.00. The lowest BCUT2D eigenvalue weighted by Gasteiger charge is -2.22. The first kappa shape index (κ1) is 14.6.